The van der Waals surface area contributed by atoms with E-state index in [1.807, 2.05) is 35.2 Å². The number of benzene rings is 2. The largest absolute Gasteiger partial charge is 0.493 e. The second-order valence-electron chi connectivity index (χ2n) is 6.95. The highest BCUT2D eigenvalue weighted by Gasteiger charge is 2.30. The lowest BCUT2D eigenvalue weighted by Crippen LogP contribution is -2.31. The van der Waals surface area contributed by atoms with E-state index in [2.05, 4.69) is 5.32 Å². The smallest absolute Gasteiger partial charge is 0.251 e. The van der Waals surface area contributed by atoms with Crippen molar-refractivity contribution in [3.8, 4) is 17.2 Å². The Morgan fingerprint density at radius 3 is 2.31 bits per heavy atom. The van der Waals surface area contributed by atoms with Gasteiger partial charge in [-0.2, -0.15) is 0 Å². The molecule has 1 N–H and O–H groups in total. The minimum atomic E-state index is -0.252. The van der Waals surface area contributed by atoms with Gasteiger partial charge in [0.05, 0.1) is 21.3 Å². The molecule has 0 spiro atoms. The van der Waals surface area contributed by atoms with Gasteiger partial charge in [-0.25, -0.2) is 0 Å². The van der Waals surface area contributed by atoms with Crippen molar-refractivity contribution in [3.63, 3.8) is 0 Å². The molecule has 1 saturated heterocycles. The van der Waals surface area contributed by atoms with Crippen molar-refractivity contribution in [1.29, 1.82) is 0 Å². The Morgan fingerprint density at radius 1 is 1.07 bits per heavy atom. The summed E-state index contributed by atoms with van der Waals surface area (Å²) in [6, 6.07) is 13.1. The van der Waals surface area contributed by atoms with E-state index >= 15 is 0 Å². The van der Waals surface area contributed by atoms with Crippen LogP contribution >= 0.6 is 0 Å². The molecule has 29 heavy (non-hydrogen) atoms. The third-order valence-corrected chi connectivity index (χ3v) is 4.99. The second kappa shape index (κ2) is 9.32. The van der Waals surface area contributed by atoms with E-state index in [1.165, 1.54) is 21.3 Å². The number of methoxy groups -OCH3 is 3. The number of ether oxygens (including phenoxy) is 3. The van der Waals surface area contributed by atoms with Gasteiger partial charge in [0.1, 0.15) is 0 Å². The zero-order chi connectivity index (χ0) is 20.8. The Balaban J connectivity index is 1.60. The first-order chi connectivity index (χ1) is 14.0. The third-order valence-electron chi connectivity index (χ3n) is 4.99. The summed E-state index contributed by atoms with van der Waals surface area (Å²) in [6.45, 7) is 1.65. The molecule has 0 saturated carbocycles. The molecule has 1 atom stereocenters. The van der Waals surface area contributed by atoms with Gasteiger partial charge in [0.15, 0.2) is 11.5 Å². The summed E-state index contributed by atoms with van der Waals surface area (Å²) in [7, 11) is 4.52. The maximum atomic E-state index is 12.6. The molecule has 1 unspecified atom stereocenters. The maximum absolute atomic E-state index is 12.6. The van der Waals surface area contributed by atoms with Crippen LogP contribution < -0.4 is 19.5 Å². The number of hydrogen-bond acceptors (Lipinski definition) is 5. The van der Waals surface area contributed by atoms with Gasteiger partial charge in [0.25, 0.3) is 5.91 Å². The van der Waals surface area contributed by atoms with Gasteiger partial charge >= 0.3 is 0 Å². The number of hydrogen-bond donors (Lipinski definition) is 1. The van der Waals surface area contributed by atoms with Gasteiger partial charge < -0.3 is 24.4 Å². The molecule has 2 amide bonds. The molecular weight excluding hydrogens is 372 g/mol. The highest BCUT2D eigenvalue weighted by atomic mass is 16.5. The topological polar surface area (TPSA) is 77.1 Å². The fraction of sp³-hybridized carbons (Fsp3) is 0.364. The Morgan fingerprint density at radius 2 is 1.72 bits per heavy atom. The summed E-state index contributed by atoms with van der Waals surface area (Å²) in [5, 5.41) is 2.92. The van der Waals surface area contributed by atoms with E-state index in [0.717, 1.165) is 5.56 Å². The molecule has 0 aliphatic carbocycles. The average Bonchev–Trinajstić information content (AvgIpc) is 3.10. The molecule has 3 rings (SSSR count). The summed E-state index contributed by atoms with van der Waals surface area (Å²) in [6.07, 6.45) is 0.433. The van der Waals surface area contributed by atoms with Crippen LogP contribution in [0.2, 0.25) is 0 Å². The normalized spacial score (nSPS) is 15.9. The lowest BCUT2D eigenvalue weighted by atomic mass is 10.1. The van der Waals surface area contributed by atoms with Crippen LogP contribution in [0.25, 0.3) is 0 Å². The lowest BCUT2D eigenvalue weighted by molar-refractivity contribution is -0.128. The Kier molecular flexibility index (Phi) is 6.59. The van der Waals surface area contributed by atoms with Gasteiger partial charge in [-0.3, -0.25) is 9.59 Å². The van der Waals surface area contributed by atoms with Crippen molar-refractivity contribution in [2.75, 3.05) is 34.4 Å². The van der Waals surface area contributed by atoms with Crippen LogP contribution in [-0.4, -0.2) is 51.1 Å². The summed E-state index contributed by atoms with van der Waals surface area (Å²) < 4.78 is 15.9. The van der Waals surface area contributed by atoms with E-state index in [1.54, 1.807) is 12.1 Å². The molecule has 2 aromatic rings. The number of carbonyl (C=O) groups excluding carboxylic acids is 2. The zero-order valence-electron chi connectivity index (χ0n) is 16.9. The molecule has 7 heteroatoms. The number of nitrogens with zero attached hydrogens (tertiary/aromatic N) is 1. The summed E-state index contributed by atoms with van der Waals surface area (Å²) in [4.78, 5) is 26.8. The van der Waals surface area contributed by atoms with Crippen LogP contribution in [0.4, 0.5) is 0 Å². The summed E-state index contributed by atoms with van der Waals surface area (Å²) in [5.41, 5.74) is 1.51. The first-order valence-electron chi connectivity index (χ1n) is 9.45. The lowest BCUT2D eigenvalue weighted by Gasteiger charge is -2.17. The van der Waals surface area contributed by atoms with Crippen molar-refractivity contribution in [2.24, 2.45) is 5.92 Å². The number of nitrogens with one attached hydrogen (secondary N) is 1. The fourth-order valence-corrected chi connectivity index (χ4v) is 3.50. The zero-order valence-corrected chi connectivity index (χ0v) is 16.9. The van der Waals surface area contributed by atoms with Crippen molar-refractivity contribution >= 4 is 11.8 Å². The van der Waals surface area contributed by atoms with E-state index < -0.39 is 0 Å². The number of rotatable bonds is 8. The number of amides is 2. The van der Waals surface area contributed by atoms with E-state index in [9.17, 15) is 9.59 Å². The molecule has 1 aliphatic heterocycles. The molecule has 0 aromatic heterocycles. The monoisotopic (exact) mass is 398 g/mol. The quantitative estimate of drug-likeness (QED) is 0.739. The SMILES string of the molecule is COc1cc(C(=O)NCC2CC(=O)N(Cc3ccccc3)C2)cc(OC)c1OC. The number of likely N-dealkylation sites (tertiary alicyclic amines) is 1. The van der Waals surface area contributed by atoms with Crippen molar-refractivity contribution in [2.45, 2.75) is 13.0 Å². The summed E-state index contributed by atoms with van der Waals surface area (Å²) >= 11 is 0. The minimum absolute atomic E-state index is 0.0807. The molecule has 1 aliphatic rings. The Bertz CT molecular complexity index is 844. The van der Waals surface area contributed by atoms with Gasteiger partial charge in [-0.05, 0) is 17.7 Å². The van der Waals surface area contributed by atoms with Crippen molar-refractivity contribution < 1.29 is 23.8 Å². The molecule has 1 fully saturated rings. The van der Waals surface area contributed by atoms with Gasteiger partial charge in [0.2, 0.25) is 11.7 Å². The highest BCUT2D eigenvalue weighted by Crippen LogP contribution is 2.38. The Labute approximate surface area is 170 Å². The first-order valence-corrected chi connectivity index (χ1v) is 9.45. The predicted octanol–water partition coefficient (Wildman–Crippen LogP) is 2.49. The third kappa shape index (κ3) is 4.80. The number of carbonyl (C=O) groups is 2. The maximum Gasteiger partial charge on any atom is 0.251 e. The molecule has 0 bridgehead atoms. The summed E-state index contributed by atoms with van der Waals surface area (Å²) in [5.74, 6) is 1.21. The first kappa shape index (κ1) is 20.5. The Hall–Kier alpha value is -3.22. The van der Waals surface area contributed by atoms with Gasteiger partial charge in [-0.15, -0.1) is 0 Å². The van der Waals surface area contributed by atoms with Crippen LogP contribution in [0.15, 0.2) is 42.5 Å². The van der Waals surface area contributed by atoms with Crippen molar-refractivity contribution in [3.05, 3.63) is 53.6 Å². The molecule has 2 aromatic carbocycles. The average molecular weight is 398 g/mol. The predicted molar refractivity (Wildman–Crippen MR) is 108 cm³/mol. The van der Waals surface area contributed by atoms with Crippen LogP contribution in [0, 0.1) is 5.92 Å². The standard InChI is InChI=1S/C22H26N2O5/c1-27-18-10-17(11-19(28-2)21(18)29-3)22(26)23-12-16-9-20(25)24(14-16)13-15-7-5-4-6-8-15/h4-8,10-11,16H,9,12-14H2,1-3H3,(H,23,26). The van der Waals surface area contributed by atoms with Crippen LogP contribution in [0.5, 0.6) is 17.2 Å². The molecular formula is C22H26N2O5. The molecule has 1 heterocycles. The minimum Gasteiger partial charge on any atom is -0.493 e. The van der Waals surface area contributed by atoms with Gasteiger partial charge in [0, 0.05) is 37.5 Å². The van der Waals surface area contributed by atoms with E-state index in [0.29, 0.717) is 48.9 Å². The van der Waals surface area contributed by atoms with Crippen LogP contribution in [0.3, 0.4) is 0 Å². The van der Waals surface area contributed by atoms with E-state index in [4.69, 9.17) is 14.2 Å². The van der Waals surface area contributed by atoms with Crippen molar-refractivity contribution in [1.82, 2.24) is 10.2 Å². The van der Waals surface area contributed by atoms with E-state index in [-0.39, 0.29) is 17.7 Å². The molecule has 7 nitrogen and oxygen atoms in total. The van der Waals surface area contributed by atoms with Crippen LogP contribution in [0.1, 0.15) is 22.3 Å². The van der Waals surface area contributed by atoms with Gasteiger partial charge in [-0.1, -0.05) is 30.3 Å². The molecule has 154 valence electrons. The fourth-order valence-electron chi connectivity index (χ4n) is 3.50. The molecule has 0 radical (unpaired) electrons. The van der Waals surface area contributed by atoms with Crippen LogP contribution in [-0.2, 0) is 11.3 Å². The highest BCUT2D eigenvalue weighted by molar-refractivity contribution is 5.95. The second-order valence-corrected chi connectivity index (χ2v) is 6.95.